The van der Waals surface area contributed by atoms with Crippen molar-refractivity contribution in [2.24, 2.45) is 0 Å². The summed E-state index contributed by atoms with van der Waals surface area (Å²) in [5, 5.41) is 16.8. The lowest BCUT2D eigenvalue weighted by molar-refractivity contribution is 0.147. The predicted octanol–water partition coefficient (Wildman–Crippen LogP) is 3.12. The molecule has 0 aliphatic heterocycles. The van der Waals surface area contributed by atoms with E-state index in [1.54, 1.807) is 0 Å². The summed E-state index contributed by atoms with van der Waals surface area (Å²) in [7, 11) is 8.00. The van der Waals surface area contributed by atoms with E-state index in [-0.39, 0.29) is 0 Å². The van der Waals surface area contributed by atoms with E-state index in [2.05, 4.69) is 60.4 Å². The molecule has 4 rings (SSSR count). The van der Waals surface area contributed by atoms with E-state index in [0.29, 0.717) is 25.5 Å². The van der Waals surface area contributed by atoms with Gasteiger partial charge in [0.05, 0.1) is 20.5 Å². The molecule has 143 valence electrons. The van der Waals surface area contributed by atoms with Crippen LogP contribution in [0.2, 0.25) is 6.82 Å². The summed E-state index contributed by atoms with van der Waals surface area (Å²) in [4.78, 5) is 0. The third-order valence-electron chi connectivity index (χ3n) is 6.16. The van der Waals surface area contributed by atoms with Gasteiger partial charge in [0.25, 0.3) is 0 Å². The van der Waals surface area contributed by atoms with Gasteiger partial charge < -0.3 is 15.0 Å². The van der Waals surface area contributed by atoms with Gasteiger partial charge in [-0.3, -0.25) is 0 Å². The smallest absolute Gasteiger partial charge is 0.148 e. The Labute approximate surface area is 170 Å². The van der Waals surface area contributed by atoms with E-state index >= 15 is 0 Å². The van der Waals surface area contributed by atoms with Gasteiger partial charge in [0.1, 0.15) is 7.28 Å². The third-order valence-corrected chi connectivity index (χ3v) is 6.16. The number of aromatic nitrogens is 1. The first kappa shape index (κ1) is 19.6. The summed E-state index contributed by atoms with van der Waals surface area (Å²) >= 11 is 0. The van der Waals surface area contributed by atoms with Gasteiger partial charge in [-0.25, -0.2) is 0 Å². The van der Waals surface area contributed by atoms with Gasteiger partial charge in [-0.2, -0.15) is 0 Å². The Morgan fingerprint density at radius 2 is 1.82 bits per heavy atom. The van der Waals surface area contributed by atoms with Gasteiger partial charge in [0.15, 0.2) is 0 Å². The van der Waals surface area contributed by atoms with Crippen LogP contribution < -0.4 is 10.8 Å². The first-order valence-electron chi connectivity index (χ1n) is 10.7. The number of hydrogen-bond acceptors (Lipinski definition) is 2. The first-order chi connectivity index (χ1) is 13.7. The van der Waals surface area contributed by atoms with Gasteiger partial charge in [-0.15, -0.1) is 0 Å². The van der Waals surface area contributed by atoms with Crippen molar-refractivity contribution in [2.45, 2.75) is 63.9 Å². The number of aliphatic hydroxyl groups excluding tert-OH is 1. The van der Waals surface area contributed by atoms with Crippen LogP contribution in [0.4, 0.5) is 0 Å². The van der Waals surface area contributed by atoms with Crippen LogP contribution in [0.15, 0.2) is 36.4 Å². The largest absolute Gasteiger partial charge is 0.390 e. The summed E-state index contributed by atoms with van der Waals surface area (Å²) in [6.07, 6.45) is 6.56. The standard InChI is InChI=1S/C23H29B2N2O/c1-25-17-8-10-23-21(12-17)20-11-16(13-24)7-9-22(20)27(23)15-19(28)14-26-18-5-3-2-4-6-18/h7-12,18-19,26,28H,2-6,13-15H2,1H3. The maximum atomic E-state index is 10.8. The topological polar surface area (TPSA) is 37.2 Å². The van der Waals surface area contributed by atoms with Crippen LogP contribution in [0.5, 0.6) is 0 Å². The molecule has 0 saturated heterocycles. The zero-order chi connectivity index (χ0) is 19.5. The molecule has 0 amide bonds. The second kappa shape index (κ2) is 8.75. The highest BCUT2D eigenvalue weighted by molar-refractivity contribution is 6.52. The van der Waals surface area contributed by atoms with E-state index in [9.17, 15) is 5.11 Å². The van der Waals surface area contributed by atoms with Crippen molar-refractivity contribution in [3.8, 4) is 0 Å². The van der Waals surface area contributed by atoms with E-state index in [1.165, 1.54) is 53.9 Å². The zero-order valence-corrected chi connectivity index (χ0v) is 16.8. The molecule has 2 N–H and O–H groups in total. The van der Waals surface area contributed by atoms with Gasteiger partial charge >= 0.3 is 0 Å². The van der Waals surface area contributed by atoms with Crippen LogP contribution in [-0.4, -0.2) is 43.5 Å². The van der Waals surface area contributed by atoms with E-state index in [1.807, 2.05) is 0 Å². The highest BCUT2D eigenvalue weighted by Crippen LogP contribution is 2.29. The van der Waals surface area contributed by atoms with Crippen LogP contribution in [0.3, 0.4) is 0 Å². The second-order valence-electron chi connectivity index (χ2n) is 8.13. The third kappa shape index (κ3) is 4.01. The molecule has 1 aliphatic rings. The number of fused-ring (bicyclic) bond motifs is 3. The lowest BCUT2D eigenvalue weighted by Gasteiger charge is -2.24. The molecule has 0 bridgehead atoms. The number of nitrogens with zero attached hydrogens (tertiary/aromatic N) is 1. The van der Waals surface area contributed by atoms with Crippen molar-refractivity contribution in [1.82, 2.24) is 9.88 Å². The van der Waals surface area contributed by atoms with E-state index < -0.39 is 6.10 Å². The summed E-state index contributed by atoms with van der Waals surface area (Å²) in [5.74, 6) is 0. The number of nitrogens with one attached hydrogen (secondary N) is 1. The Morgan fingerprint density at radius 1 is 1.11 bits per heavy atom. The fourth-order valence-corrected chi connectivity index (χ4v) is 4.56. The number of aliphatic hydroxyl groups is 1. The van der Waals surface area contributed by atoms with Gasteiger partial charge in [0, 0.05) is 34.4 Å². The number of hydrogen-bond donors (Lipinski definition) is 2. The molecule has 1 fully saturated rings. The average Bonchev–Trinajstić information content (AvgIpc) is 3.05. The number of benzene rings is 2. The number of rotatable bonds is 7. The quantitative estimate of drug-likeness (QED) is 0.627. The van der Waals surface area contributed by atoms with Crippen molar-refractivity contribution in [2.75, 3.05) is 6.54 Å². The van der Waals surface area contributed by atoms with Gasteiger partial charge in [-0.05, 0) is 31.0 Å². The molecule has 1 aliphatic carbocycles. The fourth-order valence-electron chi connectivity index (χ4n) is 4.56. The second-order valence-corrected chi connectivity index (χ2v) is 8.13. The Bertz CT molecular complexity index is 885. The Morgan fingerprint density at radius 3 is 2.54 bits per heavy atom. The molecule has 3 aromatic rings. The lowest BCUT2D eigenvalue weighted by Crippen LogP contribution is -2.38. The fraction of sp³-hybridized carbons (Fsp3) is 0.478. The van der Waals surface area contributed by atoms with Crippen molar-refractivity contribution >= 4 is 42.4 Å². The zero-order valence-electron chi connectivity index (χ0n) is 16.8. The first-order valence-corrected chi connectivity index (χ1v) is 10.7. The summed E-state index contributed by atoms with van der Waals surface area (Å²) in [5.41, 5.74) is 4.69. The molecule has 3 radical (unpaired) electrons. The lowest BCUT2D eigenvalue weighted by atomic mass is 9.73. The molecule has 3 nitrogen and oxygen atoms in total. The summed E-state index contributed by atoms with van der Waals surface area (Å²) < 4.78 is 2.26. The van der Waals surface area contributed by atoms with Crippen molar-refractivity contribution in [3.05, 3.63) is 42.0 Å². The van der Waals surface area contributed by atoms with Crippen LogP contribution in [0, 0.1) is 0 Å². The van der Waals surface area contributed by atoms with E-state index in [4.69, 9.17) is 7.85 Å². The molecule has 2 aromatic carbocycles. The molecular weight excluding hydrogens is 342 g/mol. The van der Waals surface area contributed by atoms with Gasteiger partial charge in [-0.1, -0.05) is 61.6 Å². The van der Waals surface area contributed by atoms with Crippen LogP contribution in [0.25, 0.3) is 21.8 Å². The van der Waals surface area contributed by atoms with Crippen LogP contribution in [-0.2, 0) is 12.9 Å². The molecule has 1 heterocycles. The normalized spacial score (nSPS) is 16.6. The molecule has 0 spiro atoms. The minimum Gasteiger partial charge on any atom is -0.390 e. The minimum atomic E-state index is -0.410. The minimum absolute atomic E-state index is 0.410. The molecule has 1 saturated carbocycles. The van der Waals surface area contributed by atoms with Gasteiger partial charge in [0.2, 0.25) is 0 Å². The maximum absolute atomic E-state index is 10.8. The molecule has 1 atom stereocenters. The van der Waals surface area contributed by atoms with Crippen LogP contribution >= 0.6 is 0 Å². The van der Waals surface area contributed by atoms with Crippen molar-refractivity contribution < 1.29 is 5.11 Å². The predicted molar refractivity (Wildman–Crippen MR) is 121 cm³/mol. The van der Waals surface area contributed by atoms with Crippen molar-refractivity contribution in [3.63, 3.8) is 0 Å². The average molecular weight is 371 g/mol. The molecule has 28 heavy (non-hydrogen) atoms. The highest BCUT2D eigenvalue weighted by atomic mass is 16.3. The van der Waals surface area contributed by atoms with Crippen molar-refractivity contribution in [1.29, 1.82) is 0 Å². The van der Waals surface area contributed by atoms with E-state index in [0.717, 1.165) is 11.1 Å². The molecule has 5 heteroatoms. The molecular formula is C23H29B2N2O. The Balaban J connectivity index is 1.62. The Hall–Kier alpha value is -1.71. The Kier molecular flexibility index (Phi) is 6.13. The molecule has 1 aromatic heterocycles. The van der Waals surface area contributed by atoms with Crippen LogP contribution in [0.1, 0.15) is 37.7 Å². The highest BCUT2D eigenvalue weighted by Gasteiger charge is 2.17. The maximum Gasteiger partial charge on any atom is 0.148 e. The monoisotopic (exact) mass is 371 g/mol. The molecule has 1 unspecified atom stereocenters. The summed E-state index contributed by atoms with van der Waals surface area (Å²) in [6, 6.07) is 13.6. The SMILES string of the molecule is [B]Cc1ccc2c(c1)c1cc([B]C)ccc1n2CC(O)CNC1CCCCC1. The summed E-state index contributed by atoms with van der Waals surface area (Å²) in [6.45, 7) is 3.30.